The highest BCUT2D eigenvalue weighted by molar-refractivity contribution is 6.01. The van der Waals surface area contributed by atoms with Gasteiger partial charge < -0.3 is 10.5 Å². The van der Waals surface area contributed by atoms with Crippen molar-refractivity contribution >= 4 is 5.78 Å². The zero-order chi connectivity index (χ0) is 10.7. The number of nitrogens with two attached hydrogens (primary N) is 1. The molecule has 0 saturated carbocycles. The Bertz CT molecular complexity index is 363. The molecule has 0 bridgehead atoms. The van der Waals surface area contributed by atoms with E-state index in [1.807, 2.05) is 0 Å². The highest BCUT2D eigenvalue weighted by atomic mass is 19.1. The second kappa shape index (κ2) is 4.19. The zero-order valence-electron chi connectivity index (χ0n) is 8.13. The lowest BCUT2D eigenvalue weighted by Gasteiger charge is -2.10. The van der Waals surface area contributed by atoms with Gasteiger partial charge in [-0.3, -0.25) is 4.79 Å². The van der Waals surface area contributed by atoms with Crippen LogP contribution >= 0.6 is 0 Å². The molecule has 0 heterocycles. The van der Waals surface area contributed by atoms with Gasteiger partial charge in [0.1, 0.15) is 0 Å². The van der Waals surface area contributed by atoms with Crippen molar-refractivity contribution in [1.29, 1.82) is 0 Å². The Kier molecular flexibility index (Phi) is 3.19. The second-order valence-corrected chi connectivity index (χ2v) is 2.90. The molecule has 76 valence electrons. The number of carbonyl (C=O) groups excluding carboxylic acids is 1. The molecule has 1 aromatic carbocycles. The number of hydrogen-bond donors (Lipinski definition) is 1. The molecule has 1 aromatic rings. The standard InChI is InChI=1S/C10H12FNO2/c1-6-3-4-7(11)10(14-2)9(6)8(13)5-12/h3-4H,5,12H2,1-2H3. The number of ketones is 1. The predicted molar refractivity (Wildman–Crippen MR) is 51.1 cm³/mol. The first kappa shape index (κ1) is 10.7. The van der Waals surface area contributed by atoms with Crippen LogP contribution in [-0.4, -0.2) is 19.4 Å². The smallest absolute Gasteiger partial charge is 0.180 e. The topological polar surface area (TPSA) is 52.3 Å². The summed E-state index contributed by atoms with van der Waals surface area (Å²) < 4.78 is 18.0. The quantitative estimate of drug-likeness (QED) is 0.743. The third-order valence-corrected chi connectivity index (χ3v) is 1.99. The normalized spacial score (nSPS) is 10.0. The number of ether oxygens (including phenoxy) is 1. The van der Waals surface area contributed by atoms with Crippen molar-refractivity contribution in [3.8, 4) is 5.75 Å². The van der Waals surface area contributed by atoms with Crippen LogP contribution in [0.1, 0.15) is 15.9 Å². The van der Waals surface area contributed by atoms with Crippen LogP contribution in [0.2, 0.25) is 0 Å². The van der Waals surface area contributed by atoms with Gasteiger partial charge in [0, 0.05) is 0 Å². The molecule has 1 rings (SSSR count). The summed E-state index contributed by atoms with van der Waals surface area (Å²) in [6.07, 6.45) is 0. The van der Waals surface area contributed by atoms with Crippen LogP contribution in [0.4, 0.5) is 4.39 Å². The average molecular weight is 197 g/mol. The van der Waals surface area contributed by atoms with E-state index >= 15 is 0 Å². The molecular formula is C10H12FNO2. The highest BCUT2D eigenvalue weighted by Gasteiger charge is 2.17. The van der Waals surface area contributed by atoms with Gasteiger partial charge in [0.25, 0.3) is 0 Å². The van der Waals surface area contributed by atoms with Crippen LogP contribution in [0.5, 0.6) is 5.75 Å². The molecule has 0 radical (unpaired) electrons. The molecule has 3 nitrogen and oxygen atoms in total. The minimum Gasteiger partial charge on any atom is -0.493 e. The first-order chi connectivity index (χ1) is 6.61. The Labute approximate surface area is 81.7 Å². The van der Waals surface area contributed by atoms with E-state index in [-0.39, 0.29) is 23.6 Å². The fraction of sp³-hybridized carbons (Fsp3) is 0.300. The molecule has 4 heteroatoms. The Morgan fingerprint density at radius 3 is 2.71 bits per heavy atom. The third-order valence-electron chi connectivity index (χ3n) is 1.99. The Balaban J connectivity index is 3.37. The van der Waals surface area contributed by atoms with Gasteiger partial charge in [-0.1, -0.05) is 6.07 Å². The first-order valence-electron chi connectivity index (χ1n) is 4.18. The SMILES string of the molecule is COc1c(F)ccc(C)c1C(=O)CN. The number of benzene rings is 1. The van der Waals surface area contributed by atoms with E-state index < -0.39 is 5.82 Å². The lowest BCUT2D eigenvalue weighted by atomic mass is 10.0. The summed E-state index contributed by atoms with van der Waals surface area (Å²) in [5, 5.41) is 0. The van der Waals surface area contributed by atoms with Crippen LogP contribution in [0.15, 0.2) is 12.1 Å². The van der Waals surface area contributed by atoms with E-state index in [0.29, 0.717) is 5.56 Å². The van der Waals surface area contributed by atoms with Crippen molar-refractivity contribution < 1.29 is 13.9 Å². The maximum absolute atomic E-state index is 13.2. The van der Waals surface area contributed by atoms with Gasteiger partial charge in [0.05, 0.1) is 19.2 Å². The van der Waals surface area contributed by atoms with E-state index in [9.17, 15) is 9.18 Å². The molecule has 0 aliphatic carbocycles. The lowest BCUT2D eigenvalue weighted by molar-refractivity contribution is 0.0997. The zero-order valence-corrected chi connectivity index (χ0v) is 8.13. The average Bonchev–Trinajstić information content (AvgIpc) is 2.19. The molecule has 0 amide bonds. The Hall–Kier alpha value is -1.42. The summed E-state index contributed by atoms with van der Waals surface area (Å²) in [6, 6.07) is 2.79. The Morgan fingerprint density at radius 2 is 2.21 bits per heavy atom. The van der Waals surface area contributed by atoms with Crippen molar-refractivity contribution in [3.05, 3.63) is 29.1 Å². The van der Waals surface area contributed by atoms with Gasteiger partial charge in [-0.05, 0) is 18.6 Å². The first-order valence-corrected chi connectivity index (χ1v) is 4.18. The number of carbonyl (C=O) groups is 1. The molecule has 2 N–H and O–H groups in total. The van der Waals surface area contributed by atoms with E-state index in [4.69, 9.17) is 10.5 Å². The van der Waals surface area contributed by atoms with Crippen LogP contribution in [0, 0.1) is 12.7 Å². The van der Waals surface area contributed by atoms with Gasteiger partial charge in [0.2, 0.25) is 0 Å². The molecule has 0 spiro atoms. The molecule has 0 aromatic heterocycles. The van der Waals surface area contributed by atoms with Crippen molar-refractivity contribution in [1.82, 2.24) is 0 Å². The van der Waals surface area contributed by atoms with E-state index in [2.05, 4.69) is 0 Å². The molecule has 0 fully saturated rings. The van der Waals surface area contributed by atoms with Crippen molar-refractivity contribution in [2.24, 2.45) is 5.73 Å². The van der Waals surface area contributed by atoms with E-state index in [1.54, 1.807) is 6.92 Å². The van der Waals surface area contributed by atoms with E-state index in [0.717, 1.165) is 0 Å². The number of methoxy groups -OCH3 is 1. The summed E-state index contributed by atoms with van der Waals surface area (Å²) in [5.74, 6) is -0.894. The van der Waals surface area contributed by atoms with Gasteiger partial charge in [-0.2, -0.15) is 0 Å². The van der Waals surface area contributed by atoms with Crippen molar-refractivity contribution in [2.45, 2.75) is 6.92 Å². The number of rotatable bonds is 3. The molecule has 0 saturated heterocycles. The van der Waals surface area contributed by atoms with Crippen LogP contribution < -0.4 is 10.5 Å². The molecule has 0 aliphatic rings. The summed E-state index contributed by atoms with van der Waals surface area (Å²) in [6.45, 7) is 1.56. The number of aryl methyl sites for hydroxylation is 1. The fourth-order valence-electron chi connectivity index (χ4n) is 1.30. The van der Waals surface area contributed by atoms with Crippen LogP contribution in [0.3, 0.4) is 0 Å². The lowest BCUT2D eigenvalue weighted by Crippen LogP contribution is -2.16. The number of Topliss-reactive ketones (excluding diaryl/α,β-unsaturated/α-hetero) is 1. The van der Waals surface area contributed by atoms with Gasteiger partial charge >= 0.3 is 0 Å². The summed E-state index contributed by atoms with van der Waals surface area (Å²) in [5.41, 5.74) is 6.12. The second-order valence-electron chi connectivity index (χ2n) is 2.90. The van der Waals surface area contributed by atoms with Crippen molar-refractivity contribution in [3.63, 3.8) is 0 Å². The maximum Gasteiger partial charge on any atom is 0.180 e. The molecule has 0 aliphatic heterocycles. The summed E-state index contributed by atoms with van der Waals surface area (Å²) in [4.78, 5) is 11.4. The van der Waals surface area contributed by atoms with Gasteiger partial charge in [0.15, 0.2) is 17.3 Å². The molecule has 0 unspecified atom stereocenters. The van der Waals surface area contributed by atoms with E-state index in [1.165, 1.54) is 19.2 Å². The minimum atomic E-state index is -0.546. The highest BCUT2D eigenvalue weighted by Crippen LogP contribution is 2.25. The largest absolute Gasteiger partial charge is 0.493 e. The van der Waals surface area contributed by atoms with Crippen LogP contribution in [-0.2, 0) is 0 Å². The number of halogens is 1. The fourth-order valence-corrected chi connectivity index (χ4v) is 1.30. The number of hydrogen-bond acceptors (Lipinski definition) is 3. The molecule has 14 heavy (non-hydrogen) atoms. The minimum absolute atomic E-state index is 0.0274. The summed E-state index contributed by atoms with van der Waals surface area (Å²) in [7, 11) is 1.32. The predicted octanol–water partition coefficient (Wildman–Crippen LogP) is 1.28. The monoisotopic (exact) mass is 197 g/mol. The third kappa shape index (κ3) is 1.75. The maximum atomic E-state index is 13.2. The summed E-state index contributed by atoms with van der Waals surface area (Å²) >= 11 is 0. The van der Waals surface area contributed by atoms with Gasteiger partial charge in [-0.15, -0.1) is 0 Å². The van der Waals surface area contributed by atoms with Gasteiger partial charge in [-0.25, -0.2) is 4.39 Å². The Morgan fingerprint density at radius 1 is 1.57 bits per heavy atom. The molecular weight excluding hydrogens is 185 g/mol. The van der Waals surface area contributed by atoms with Crippen LogP contribution in [0.25, 0.3) is 0 Å². The van der Waals surface area contributed by atoms with Crippen molar-refractivity contribution in [2.75, 3.05) is 13.7 Å². The molecule has 0 atom stereocenters.